The molecule has 2 aromatic carbocycles. The van der Waals surface area contributed by atoms with Crippen LogP contribution in [0.2, 0.25) is 0 Å². The number of ether oxygens (including phenoxy) is 1. The number of hydrogen-bond acceptors (Lipinski definition) is 6. The molecular formula is C27H25N5O4. The molecular weight excluding hydrogens is 458 g/mol. The molecule has 3 heterocycles. The van der Waals surface area contributed by atoms with Crippen molar-refractivity contribution in [2.45, 2.75) is 25.3 Å². The molecule has 0 aliphatic rings. The Morgan fingerprint density at radius 2 is 1.83 bits per heavy atom. The second kappa shape index (κ2) is 9.53. The van der Waals surface area contributed by atoms with Crippen LogP contribution in [0.25, 0.3) is 16.7 Å². The Balaban J connectivity index is 1.49. The van der Waals surface area contributed by atoms with Crippen molar-refractivity contribution in [1.82, 2.24) is 24.7 Å². The molecule has 0 spiro atoms. The van der Waals surface area contributed by atoms with E-state index in [4.69, 9.17) is 4.74 Å². The van der Waals surface area contributed by atoms with Gasteiger partial charge in [0.1, 0.15) is 17.2 Å². The lowest BCUT2D eigenvalue weighted by Gasteiger charge is -2.20. The van der Waals surface area contributed by atoms with E-state index in [1.807, 2.05) is 31.2 Å². The SMILES string of the molecule is COc1ccc(C(CC(=O)NC(C)c2nc3ccccc3[nH]2)c2c(O)nc3ccccn3c2=O)cc1. The van der Waals surface area contributed by atoms with Crippen LogP contribution in [0.4, 0.5) is 0 Å². The second-order valence-electron chi connectivity index (χ2n) is 8.54. The first-order chi connectivity index (χ1) is 17.4. The predicted molar refractivity (Wildman–Crippen MR) is 135 cm³/mol. The molecule has 5 rings (SSSR count). The van der Waals surface area contributed by atoms with Crippen LogP contribution in [0.15, 0.2) is 77.7 Å². The summed E-state index contributed by atoms with van der Waals surface area (Å²) in [5.41, 5.74) is 2.30. The highest BCUT2D eigenvalue weighted by Crippen LogP contribution is 2.32. The highest BCUT2D eigenvalue weighted by molar-refractivity contribution is 5.79. The molecule has 5 aromatic rings. The van der Waals surface area contributed by atoms with E-state index in [1.54, 1.807) is 55.8 Å². The van der Waals surface area contributed by atoms with Crippen LogP contribution in [-0.2, 0) is 4.79 Å². The highest BCUT2D eigenvalue weighted by Gasteiger charge is 2.27. The quantitative estimate of drug-likeness (QED) is 0.325. The third-order valence-electron chi connectivity index (χ3n) is 6.20. The van der Waals surface area contributed by atoms with Crippen LogP contribution in [0, 0.1) is 0 Å². The molecule has 2 unspecified atom stereocenters. The predicted octanol–water partition coefficient (Wildman–Crippen LogP) is 3.68. The number of pyridine rings is 1. The van der Waals surface area contributed by atoms with E-state index in [0.29, 0.717) is 22.8 Å². The number of amides is 1. The third kappa shape index (κ3) is 4.38. The van der Waals surface area contributed by atoms with Crippen molar-refractivity contribution in [2.75, 3.05) is 7.11 Å². The Bertz CT molecular complexity index is 1570. The van der Waals surface area contributed by atoms with E-state index in [9.17, 15) is 14.7 Å². The number of nitrogens with zero attached hydrogens (tertiary/aromatic N) is 3. The van der Waals surface area contributed by atoms with Gasteiger partial charge in [-0.2, -0.15) is 4.98 Å². The number of carbonyl (C=O) groups is 1. The lowest BCUT2D eigenvalue weighted by Crippen LogP contribution is -2.31. The Morgan fingerprint density at radius 1 is 1.08 bits per heavy atom. The first kappa shape index (κ1) is 23.1. The minimum Gasteiger partial charge on any atom is -0.497 e. The summed E-state index contributed by atoms with van der Waals surface area (Å²) in [5, 5.41) is 13.7. The molecule has 0 bridgehead atoms. The van der Waals surface area contributed by atoms with Gasteiger partial charge in [0, 0.05) is 18.5 Å². The van der Waals surface area contributed by atoms with E-state index in [-0.39, 0.29) is 17.9 Å². The van der Waals surface area contributed by atoms with E-state index in [1.165, 1.54) is 4.40 Å². The molecule has 3 N–H and O–H groups in total. The van der Waals surface area contributed by atoms with Crippen molar-refractivity contribution in [3.05, 3.63) is 100 Å². The number of benzene rings is 2. The number of para-hydroxylation sites is 2. The van der Waals surface area contributed by atoms with Crippen LogP contribution in [0.5, 0.6) is 11.6 Å². The molecule has 0 fully saturated rings. The van der Waals surface area contributed by atoms with Gasteiger partial charge in [0.05, 0.1) is 29.7 Å². The minimum absolute atomic E-state index is 0.0513. The minimum atomic E-state index is -0.740. The number of aromatic nitrogens is 4. The molecule has 1 amide bonds. The van der Waals surface area contributed by atoms with Gasteiger partial charge in [0.25, 0.3) is 5.56 Å². The number of nitrogens with one attached hydrogen (secondary N) is 2. The normalized spacial score (nSPS) is 12.9. The van der Waals surface area contributed by atoms with Gasteiger partial charge in [0.2, 0.25) is 11.8 Å². The van der Waals surface area contributed by atoms with Crippen molar-refractivity contribution in [3.63, 3.8) is 0 Å². The Morgan fingerprint density at radius 3 is 2.58 bits per heavy atom. The molecule has 0 saturated carbocycles. The molecule has 36 heavy (non-hydrogen) atoms. The summed E-state index contributed by atoms with van der Waals surface area (Å²) in [4.78, 5) is 38.6. The first-order valence-electron chi connectivity index (χ1n) is 11.5. The number of carbonyl (C=O) groups excluding carboxylic acids is 1. The fraction of sp³-hybridized carbons (Fsp3) is 0.185. The van der Waals surface area contributed by atoms with Crippen LogP contribution in [-0.4, -0.2) is 37.5 Å². The molecule has 9 nitrogen and oxygen atoms in total. The van der Waals surface area contributed by atoms with Gasteiger partial charge in [-0.3, -0.25) is 14.0 Å². The van der Waals surface area contributed by atoms with E-state index in [0.717, 1.165) is 11.0 Å². The van der Waals surface area contributed by atoms with Crippen molar-refractivity contribution >= 4 is 22.6 Å². The average Bonchev–Trinajstić information content (AvgIpc) is 3.33. The zero-order valence-electron chi connectivity index (χ0n) is 19.8. The molecule has 0 radical (unpaired) electrons. The van der Waals surface area contributed by atoms with Gasteiger partial charge >= 0.3 is 0 Å². The number of methoxy groups -OCH3 is 1. The standard InChI is InChI=1S/C27H25N5O4/c1-16(25-29-20-7-3-4-8-21(20)30-25)28-23(33)15-19(17-10-12-18(36-2)13-11-17)24-26(34)31-22-9-5-6-14-32(22)27(24)35/h3-14,16,19,34H,15H2,1-2H3,(H,28,33)(H,29,30). The van der Waals surface area contributed by atoms with Gasteiger partial charge in [-0.15, -0.1) is 0 Å². The lowest BCUT2D eigenvalue weighted by atomic mass is 9.89. The maximum atomic E-state index is 13.4. The largest absolute Gasteiger partial charge is 0.497 e. The lowest BCUT2D eigenvalue weighted by molar-refractivity contribution is -0.122. The van der Waals surface area contributed by atoms with Crippen LogP contribution in [0.3, 0.4) is 0 Å². The van der Waals surface area contributed by atoms with Gasteiger partial charge in [-0.25, -0.2) is 4.98 Å². The summed E-state index contributed by atoms with van der Waals surface area (Å²) in [7, 11) is 1.56. The summed E-state index contributed by atoms with van der Waals surface area (Å²) in [6.45, 7) is 1.84. The molecule has 0 aliphatic carbocycles. The maximum Gasteiger partial charge on any atom is 0.265 e. The van der Waals surface area contributed by atoms with Crippen molar-refractivity contribution < 1.29 is 14.6 Å². The van der Waals surface area contributed by atoms with Gasteiger partial charge < -0.3 is 20.1 Å². The van der Waals surface area contributed by atoms with Gasteiger partial charge in [-0.1, -0.05) is 30.3 Å². The second-order valence-corrected chi connectivity index (χ2v) is 8.54. The topological polar surface area (TPSA) is 122 Å². The van der Waals surface area contributed by atoms with Crippen LogP contribution < -0.4 is 15.6 Å². The third-order valence-corrected chi connectivity index (χ3v) is 6.20. The average molecular weight is 484 g/mol. The highest BCUT2D eigenvalue weighted by atomic mass is 16.5. The van der Waals surface area contributed by atoms with Crippen LogP contribution >= 0.6 is 0 Å². The van der Waals surface area contributed by atoms with Crippen molar-refractivity contribution in [3.8, 4) is 11.6 Å². The summed E-state index contributed by atoms with van der Waals surface area (Å²) in [6, 6.07) is 19.4. The number of hydrogen-bond donors (Lipinski definition) is 3. The summed E-state index contributed by atoms with van der Waals surface area (Å²) < 4.78 is 6.61. The molecule has 3 aromatic heterocycles. The molecule has 0 aliphatic heterocycles. The smallest absolute Gasteiger partial charge is 0.265 e. The number of H-pyrrole nitrogens is 1. The summed E-state index contributed by atoms with van der Waals surface area (Å²) in [5.74, 6) is -0.180. The molecule has 0 saturated heterocycles. The molecule has 9 heteroatoms. The van der Waals surface area contributed by atoms with Crippen molar-refractivity contribution in [1.29, 1.82) is 0 Å². The summed E-state index contributed by atoms with van der Waals surface area (Å²) >= 11 is 0. The number of aromatic hydroxyl groups is 1. The Kier molecular flexibility index (Phi) is 6.12. The molecule has 2 atom stereocenters. The van der Waals surface area contributed by atoms with E-state index in [2.05, 4.69) is 20.3 Å². The first-order valence-corrected chi connectivity index (χ1v) is 11.5. The Hall–Kier alpha value is -4.66. The van der Waals surface area contributed by atoms with Crippen molar-refractivity contribution in [2.24, 2.45) is 0 Å². The zero-order valence-corrected chi connectivity index (χ0v) is 19.8. The van der Waals surface area contributed by atoms with Gasteiger partial charge in [-0.05, 0) is 48.9 Å². The zero-order chi connectivity index (χ0) is 25.2. The fourth-order valence-corrected chi connectivity index (χ4v) is 4.35. The monoisotopic (exact) mass is 483 g/mol. The number of imidazole rings is 1. The van der Waals surface area contributed by atoms with Crippen LogP contribution in [0.1, 0.15) is 42.3 Å². The number of aromatic amines is 1. The Labute approximate surface area is 206 Å². The van der Waals surface area contributed by atoms with E-state index < -0.39 is 23.4 Å². The van der Waals surface area contributed by atoms with E-state index >= 15 is 0 Å². The molecule has 182 valence electrons. The summed E-state index contributed by atoms with van der Waals surface area (Å²) in [6.07, 6.45) is 1.50. The number of fused-ring (bicyclic) bond motifs is 2. The maximum absolute atomic E-state index is 13.4. The number of rotatable bonds is 7. The fourth-order valence-electron chi connectivity index (χ4n) is 4.35. The van der Waals surface area contributed by atoms with Gasteiger partial charge in [0.15, 0.2) is 0 Å².